The van der Waals surface area contributed by atoms with Gasteiger partial charge in [-0.3, -0.25) is 0 Å². The van der Waals surface area contributed by atoms with Gasteiger partial charge in [0.25, 0.3) is 5.69 Å². The average Bonchev–Trinajstić information content (AvgIpc) is 1.82. The molecular weight excluding hydrogens is 259 g/mol. The van der Waals surface area contributed by atoms with E-state index < -0.39 is 14.7 Å². The zero-order valence-electron chi connectivity index (χ0n) is 6.27. The Bertz CT molecular complexity index is 236. The Morgan fingerprint density at radius 2 is 2.50 bits per heavy atom. The molecule has 1 aliphatic rings. The molecule has 0 aromatic rings. The lowest BCUT2D eigenvalue weighted by Crippen LogP contribution is -2.15. The molecule has 0 N–H and O–H groups in total. The van der Waals surface area contributed by atoms with Gasteiger partial charge >= 0.3 is 0 Å². The molecule has 1 saturated heterocycles. The third-order valence-electron chi connectivity index (χ3n) is 1.23. The number of halogens is 1. The molecule has 12 heavy (non-hydrogen) atoms. The highest BCUT2D eigenvalue weighted by Gasteiger charge is 2.30. The van der Waals surface area contributed by atoms with E-state index >= 15 is 0 Å². The van der Waals surface area contributed by atoms with Crippen molar-refractivity contribution in [2.75, 3.05) is 6.61 Å². The van der Waals surface area contributed by atoms with Gasteiger partial charge in [0.05, 0.1) is 12.7 Å². The largest absolute Gasteiger partial charge is 0.321 e. The highest BCUT2D eigenvalue weighted by Crippen LogP contribution is 2.65. The maximum absolute atomic E-state index is 10.7. The molecule has 0 aliphatic carbocycles. The second kappa shape index (κ2) is 4.73. The minimum atomic E-state index is -2.41. The van der Waals surface area contributed by atoms with Crippen molar-refractivity contribution in [1.82, 2.24) is 0 Å². The summed E-state index contributed by atoms with van der Waals surface area (Å²) in [6, 6.07) is 0. The fourth-order valence-electron chi connectivity index (χ4n) is 0.745. The van der Waals surface area contributed by atoms with Crippen molar-refractivity contribution in [3.63, 3.8) is 0 Å². The van der Waals surface area contributed by atoms with Crippen LogP contribution < -0.4 is 0 Å². The molecule has 1 fully saturated rings. The molecule has 3 nitrogen and oxygen atoms in total. The summed E-state index contributed by atoms with van der Waals surface area (Å²) < 4.78 is 21.3. The van der Waals surface area contributed by atoms with Crippen molar-refractivity contribution in [1.29, 1.82) is 0 Å². The highest BCUT2D eigenvalue weighted by molar-refractivity contribution is 9.02. The second-order valence-corrected chi connectivity index (χ2v) is 11.8. The lowest BCUT2D eigenvalue weighted by atomic mass is 10.3. The molecule has 0 saturated carbocycles. The van der Waals surface area contributed by atoms with E-state index in [0.29, 0.717) is 6.61 Å². The van der Waals surface area contributed by atoms with E-state index in [1.165, 1.54) is 0 Å². The third kappa shape index (κ3) is 3.62. The summed E-state index contributed by atoms with van der Waals surface area (Å²) in [6.07, 6.45) is 0.908. The van der Waals surface area contributed by atoms with Gasteiger partial charge < -0.3 is 9.05 Å². The zero-order chi connectivity index (χ0) is 9.19. The Labute approximate surface area is 86.8 Å². The van der Waals surface area contributed by atoms with E-state index in [2.05, 4.69) is 0 Å². The maximum atomic E-state index is 10.7. The average molecular weight is 267 g/mol. The normalized spacial score (nSPS) is 39.3. The second-order valence-electron chi connectivity index (χ2n) is 2.25. The van der Waals surface area contributed by atoms with Crippen molar-refractivity contribution in [3.05, 3.63) is 0 Å². The van der Waals surface area contributed by atoms with Crippen LogP contribution in [-0.2, 0) is 29.9 Å². The monoisotopic (exact) mass is 266 g/mol. The first kappa shape index (κ1) is 11.4. The molecule has 0 aromatic carbocycles. The van der Waals surface area contributed by atoms with Gasteiger partial charge in [0.15, 0.2) is 9.05 Å². The quantitative estimate of drug-likeness (QED) is 0.436. The van der Waals surface area contributed by atoms with Gasteiger partial charge in [-0.2, -0.15) is 0 Å². The Hall–Kier alpha value is 1.36. The number of hydrogen-bond acceptors (Lipinski definition) is 5. The Balaban J connectivity index is 2.58. The SMILES string of the molecule is CC1CCOP(=S)(SS(=O)Cl)O1. The zero-order valence-corrected chi connectivity index (χ0v) is 10.4. The van der Waals surface area contributed by atoms with Crippen LogP contribution in [0.2, 0.25) is 0 Å². The van der Waals surface area contributed by atoms with Crippen LogP contribution in [0.3, 0.4) is 0 Å². The van der Waals surface area contributed by atoms with Crippen molar-refractivity contribution < 1.29 is 13.3 Å². The van der Waals surface area contributed by atoms with Crippen molar-refractivity contribution >= 4 is 47.6 Å². The van der Waals surface area contributed by atoms with Crippen LogP contribution in [0.25, 0.3) is 0 Å². The molecule has 3 atom stereocenters. The minimum absolute atomic E-state index is 0.0808. The molecule has 0 amide bonds. The molecule has 8 heteroatoms. The van der Waals surface area contributed by atoms with E-state index in [0.717, 1.165) is 16.8 Å². The van der Waals surface area contributed by atoms with Crippen molar-refractivity contribution in [2.24, 2.45) is 0 Å². The molecule has 1 heterocycles. The first-order valence-electron chi connectivity index (χ1n) is 3.23. The van der Waals surface area contributed by atoms with Gasteiger partial charge in [-0.25, -0.2) is 4.21 Å². The van der Waals surface area contributed by atoms with E-state index in [1.807, 2.05) is 6.92 Å². The van der Waals surface area contributed by atoms with E-state index in [-0.39, 0.29) is 6.10 Å². The molecular formula is C4H8ClO3PS3. The van der Waals surface area contributed by atoms with Gasteiger partial charge in [0.2, 0.25) is 0 Å². The van der Waals surface area contributed by atoms with Gasteiger partial charge in [0, 0.05) is 21.1 Å². The first-order valence-corrected chi connectivity index (χ1v) is 9.78. The summed E-state index contributed by atoms with van der Waals surface area (Å²) in [4.78, 5) is 0. The topological polar surface area (TPSA) is 35.5 Å². The Morgan fingerprint density at radius 1 is 1.83 bits per heavy atom. The van der Waals surface area contributed by atoms with Gasteiger partial charge in [-0.15, -0.1) is 0 Å². The molecule has 72 valence electrons. The molecule has 0 radical (unpaired) electrons. The summed E-state index contributed by atoms with van der Waals surface area (Å²) >= 11 is 5.06. The van der Waals surface area contributed by atoms with Crippen LogP contribution in [0.15, 0.2) is 0 Å². The van der Waals surface area contributed by atoms with Crippen LogP contribution in [-0.4, -0.2) is 16.9 Å². The summed E-state index contributed by atoms with van der Waals surface area (Å²) in [5.74, 6) is 0. The summed E-state index contributed by atoms with van der Waals surface area (Å²) in [5, 5.41) is 0. The van der Waals surface area contributed by atoms with Gasteiger partial charge in [-0.1, -0.05) is 0 Å². The minimum Gasteiger partial charge on any atom is -0.321 e. The molecule has 3 unspecified atom stereocenters. The lowest BCUT2D eigenvalue weighted by Gasteiger charge is -2.28. The first-order chi connectivity index (χ1) is 5.52. The van der Waals surface area contributed by atoms with Crippen LogP contribution in [0.1, 0.15) is 13.3 Å². The van der Waals surface area contributed by atoms with Gasteiger partial charge in [-0.05, 0) is 25.2 Å². The molecule has 1 aliphatic heterocycles. The third-order valence-corrected chi connectivity index (χ3v) is 10.6. The summed E-state index contributed by atoms with van der Waals surface area (Å²) in [7, 11) is 4.65. The van der Waals surface area contributed by atoms with Crippen LogP contribution in [0.4, 0.5) is 0 Å². The predicted molar refractivity (Wildman–Crippen MR) is 57.0 cm³/mol. The highest BCUT2D eigenvalue weighted by atomic mass is 35.8. The van der Waals surface area contributed by atoms with Crippen LogP contribution in [0.5, 0.6) is 0 Å². The Morgan fingerprint density at radius 3 is 3.00 bits per heavy atom. The molecule has 1 rings (SSSR count). The predicted octanol–water partition coefficient (Wildman–Crippen LogP) is 2.59. The summed E-state index contributed by atoms with van der Waals surface area (Å²) in [5.41, 5.74) is -2.41. The van der Waals surface area contributed by atoms with Crippen molar-refractivity contribution in [2.45, 2.75) is 19.4 Å². The van der Waals surface area contributed by atoms with Crippen LogP contribution in [0, 0.1) is 0 Å². The maximum Gasteiger partial charge on any atom is 0.261 e. The lowest BCUT2D eigenvalue weighted by molar-refractivity contribution is 0.128. The summed E-state index contributed by atoms with van der Waals surface area (Å²) in [6.45, 7) is 2.49. The van der Waals surface area contributed by atoms with Crippen LogP contribution >= 0.6 is 26.8 Å². The van der Waals surface area contributed by atoms with E-state index in [1.54, 1.807) is 0 Å². The molecule has 0 aromatic heterocycles. The number of hydrogen-bond donors (Lipinski definition) is 0. The van der Waals surface area contributed by atoms with E-state index in [9.17, 15) is 4.21 Å². The smallest absolute Gasteiger partial charge is 0.261 e. The fourth-order valence-corrected chi connectivity index (χ4v) is 10.3. The molecule has 0 spiro atoms. The Kier molecular flexibility index (Phi) is 4.51. The van der Waals surface area contributed by atoms with Gasteiger partial charge in [0.1, 0.15) is 0 Å². The van der Waals surface area contributed by atoms with Crippen molar-refractivity contribution in [3.8, 4) is 0 Å². The molecule has 0 bridgehead atoms. The van der Waals surface area contributed by atoms with E-state index in [4.69, 9.17) is 31.5 Å². The fraction of sp³-hybridized carbons (Fsp3) is 1.00. The standard InChI is InChI=1S/C4H8ClO3PS3/c1-4-2-3-7-9(10,8-4)11-12(5)6/h4H,2-3H2,1H3. The number of rotatable bonds is 2.